The van der Waals surface area contributed by atoms with Crippen molar-refractivity contribution in [1.29, 1.82) is 0 Å². The maximum absolute atomic E-state index is 13.0. The topological polar surface area (TPSA) is 61.7 Å². The summed E-state index contributed by atoms with van der Waals surface area (Å²) >= 11 is 0. The quantitative estimate of drug-likeness (QED) is 0.833. The number of carbonyl (C=O) groups excluding carboxylic acids is 1. The molecule has 1 saturated heterocycles. The summed E-state index contributed by atoms with van der Waals surface area (Å²) in [4.78, 5) is 30.8. The predicted molar refractivity (Wildman–Crippen MR) is 88.4 cm³/mol. The summed E-state index contributed by atoms with van der Waals surface area (Å²) in [6.45, 7) is 8.43. The van der Waals surface area contributed by atoms with E-state index in [9.17, 15) is 4.79 Å². The van der Waals surface area contributed by atoms with Crippen LogP contribution in [-0.2, 0) is 4.79 Å². The number of likely N-dealkylation sites (N-methyl/N-ethyl adjacent to an activating group) is 1. The van der Waals surface area contributed by atoms with Gasteiger partial charge in [-0.3, -0.25) is 14.7 Å². The Hall–Kier alpha value is -1.98. The van der Waals surface area contributed by atoms with Crippen LogP contribution in [-0.4, -0.2) is 51.8 Å². The fourth-order valence-corrected chi connectivity index (χ4v) is 4.56. The van der Waals surface area contributed by atoms with E-state index in [4.69, 9.17) is 4.99 Å². The fourth-order valence-electron chi connectivity index (χ4n) is 4.56. The molecule has 0 aromatic carbocycles. The van der Waals surface area contributed by atoms with Crippen molar-refractivity contribution in [3.05, 3.63) is 18.0 Å². The number of anilines is 1. The standard InChI is InChI=1S/C17H23N5O/c1-4-22-12(3)20-17(15(22)23)6-5-13-9-21(10-14(13)17)16-18-7-11(2)8-19-16/h7-8,13-14H,4-6,9-10H2,1-3H3/t13-,14+,17-/m1/s1. The van der Waals surface area contributed by atoms with Crippen molar-refractivity contribution in [1.82, 2.24) is 14.9 Å². The van der Waals surface area contributed by atoms with E-state index in [0.29, 0.717) is 12.5 Å². The van der Waals surface area contributed by atoms with Gasteiger partial charge in [-0.25, -0.2) is 9.97 Å². The van der Waals surface area contributed by atoms with Crippen LogP contribution in [0, 0.1) is 18.8 Å². The molecule has 0 N–H and O–H groups in total. The van der Waals surface area contributed by atoms with Gasteiger partial charge in [-0.1, -0.05) is 0 Å². The molecule has 2 aliphatic heterocycles. The number of amides is 1. The summed E-state index contributed by atoms with van der Waals surface area (Å²) in [5, 5.41) is 0. The molecule has 6 nitrogen and oxygen atoms in total. The van der Waals surface area contributed by atoms with Gasteiger partial charge in [-0.05, 0) is 45.1 Å². The van der Waals surface area contributed by atoms with Crippen LogP contribution in [0.2, 0.25) is 0 Å². The number of aryl methyl sites for hydroxylation is 1. The summed E-state index contributed by atoms with van der Waals surface area (Å²) in [5.74, 6) is 2.65. The highest BCUT2D eigenvalue weighted by Gasteiger charge is 2.60. The maximum Gasteiger partial charge on any atom is 0.256 e. The third-order valence-corrected chi connectivity index (χ3v) is 5.68. The number of aliphatic imine (C=N–C) groups is 1. The van der Waals surface area contributed by atoms with Crippen LogP contribution in [0.1, 0.15) is 32.3 Å². The molecule has 6 heteroatoms. The van der Waals surface area contributed by atoms with Crippen LogP contribution in [0.25, 0.3) is 0 Å². The Balaban J connectivity index is 1.61. The Kier molecular flexibility index (Phi) is 3.18. The highest BCUT2D eigenvalue weighted by atomic mass is 16.2. The fraction of sp³-hybridized carbons (Fsp3) is 0.647. The SMILES string of the molecule is CCN1C(=O)[C@]2(CC[C@@H]3CN(c4ncc(C)cn4)C[C@@H]32)N=C1C. The Morgan fingerprint density at radius 2 is 2.00 bits per heavy atom. The van der Waals surface area contributed by atoms with Gasteiger partial charge in [0, 0.05) is 37.9 Å². The lowest BCUT2D eigenvalue weighted by Crippen LogP contribution is -2.46. The summed E-state index contributed by atoms with van der Waals surface area (Å²) in [6.07, 6.45) is 5.66. The average Bonchev–Trinajstić information content (AvgIpc) is 3.16. The van der Waals surface area contributed by atoms with Crippen molar-refractivity contribution < 1.29 is 4.79 Å². The van der Waals surface area contributed by atoms with Crippen molar-refractivity contribution in [2.24, 2.45) is 16.8 Å². The van der Waals surface area contributed by atoms with Crippen molar-refractivity contribution in [3.63, 3.8) is 0 Å². The zero-order valence-corrected chi connectivity index (χ0v) is 14.0. The first kappa shape index (κ1) is 14.6. The number of hydrogen-bond donors (Lipinski definition) is 0. The van der Waals surface area contributed by atoms with Gasteiger partial charge in [0.2, 0.25) is 5.95 Å². The van der Waals surface area contributed by atoms with Gasteiger partial charge in [0.05, 0.1) is 0 Å². The van der Waals surface area contributed by atoms with Crippen molar-refractivity contribution >= 4 is 17.7 Å². The van der Waals surface area contributed by atoms with Gasteiger partial charge in [-0.2, -0.15) is 0 Å². The van der Waals surface area contributed by atoms with E-state index in [1.54, 1.807) is 0 Å². The number of hydrogen-bond acceptors (Lipinski definition) is 5. The van der Waals surface area contributed by atoms with Gasteiger partial charge in [-0.15, -0.1) is 0 Å². The molecule has 2 fully saturated rings. The number of amidine groups is 1. The van der Waals surface area contributed by atoms with Gasteiger partial charge in [0.25, 0.3) is 5.91 Å². The molecular formula is C17H23N5O. The van der Waals surface area contributed by atoms with Crippen LogP contribution < -0.4 is 4.90 Å². The lowest BCUT2D eigenvalue weighted by molar-refractivity contribution is -0.132. The van der Waals surface area contributed by atoms with Crippen molar-refractivity contribution in [2.75, 3.05) is 24.5 Å². The zero-order valence-electron chi connectivity index (χ0n) is 14.0. The molecular weight excluding hydrogens is 290 g/mol. The number of nitrogens with zero attached hydrogens (tertiary/aromatic N) is 5. The molecule has 3 aliphatic rings. The molecule has 4 rings (SSSR count). The summed E-state index contributed by atoms with van der Waals surface area (Å²) in [5.41, 5.74) is 0.541. The lowest BCUT2D eigenvalue weighted by Gasteiger charge is -2.27. The van der Waals surface area contributed by atoms with Crippen LogP contribution in [0.5, 0.6) is 0 Å². The molecule has 0 bridgehead atoms. The molecule has 1 amide bonds. The van der Waals surface area contributed by atoms with Gasteiger partial charge in [0.15, 0.2) is 0 Å². The van der Waals surface area contributed by atoms with E-state index < -0.39 is 5.54 Å². The van der Waals surface area contributed by atoms with Crippen LogP contribution >= 0.6 is 0 Å². The van der Waals surface area contributed by atoms with E-state index in [1.807, 2.05) is 38.1 Å². The molecule has 23 heavy (non-hydrogen) atoms. The molecule has 3 heterocycles. The minimum atomic E-state index is -0.524. The summed E-state index contributed by atoms with van der Waals surface area (Å²) in [7, 11) is 0. The lowest BCUT2D eigenvalue weighted by atomic mass is 9.85. The molecule has 0 unspecified atom stereocenters. The maximum atomic E-state index is 13.0. The van der Waals surface area contributed by atoms with E-state index in [1.165, 1.54) is 0 Å². The highest BCUT2D eigenvalue weighted by molar-refractivity contribution is 6.07. The molecule has 1 saturated carbocycles. The Morgan fingerprint density at radius 1 is 1.26 bits per heavy atom. The summed E-state index contributed by atoms with van der Waals surface area (Å²) < 4.78 is 0. The minimum absolute atomic E-state index is 0.205. The number of rotatable bonds is 2. The van der Waals surface area contributed by atoms with Crippen LogP contribution in [0.4, 0.5) is 5.95 Å². The molecule has 3 atom stereocenters. The van der Waals surface area contributed by atoms with Crippen molar-refractivity contribution in [3.8, 4) is 0 Å². The third-order valence-electron chi connectivity index (χ3n) is 5.68. The smallest absolute Gasteiger partial charge is 0.256 e. The second-order valence-corrected chi connectivity index (χ2v) is 7.00. The number of carbonyl (C=O) groups is 1. The van der Waals surface area contributed by atoms with Gasteiger partial charge in [0.1, 0.15) is 11.4 Å². The van der Waals surface area contributed by atoms with E-state index in [-0.39, 0.29) is 11.8 Å². The number of fused-ring (bicyclic) bond motifs is 2. The third kappa shape index (κ3) is 2.00. The Morgan fingerprint density at radius 3 is 2.65 bits per heavy atom. The highest BCUT2D eigenvalue weighted by Crippen LogP contribution is 2.50. The second kappa shape index (κ2) is 5.01. The van der Waals surface area contributed by atoms with Gasteiger partial charge < -0.3 is 4.90 Å². The van der Waals surface area contributed by atoms with Crippen LogP contribution in [0.15, 0.2) is 17.4 Å². The normalized spacial score (nSPS) is 32.8. The molecule has 1 aromatic heterocycles. The first-order valence-corrected chi connectivity index (χ1v) is 8.47. The largest absolute Gasteiger partial charge is 0.340 e. The van der Waals surface area contributed by atoms with Gasteiger partial charge >= 0.3 is 0 Å². The minimum Gasteiger partial charge on any atom is -0.340 e. The number of aromatic nitrogens is 2. The van der Waals surface area contributed by atoms with Crippen molar-refractivity contribution in [2.45, 2.75) is 39.2 Å². The zero-order chi connectivity index (χ0) is 16.2. The molecule has 1 aliphatic carbocycles. The first-order chi connectivity index (χ1) is 11.0. The average molecular weight is 313 g/mol. The first-order valence-electron chi connectivity index (χ1n) is 8.47. The van der Waals surface area contributed by atoms with E-state index in [0.717, 1.165) is 43.3 Å². The molecule has 0 radical (unpaired) electrons. The molecule has 122 valence electrons. The molecule has 1 spiro atoms. The van der Waals surface area contributed by atoms with E-state index >= 15 is 0 Å². The van der Waals surface area contributed by atoms with Crippen LogP contribution in [0.3, 0.4) is 0 Å². The Labute approximate surface area is 136 Å². The molecule has 1 aromatic rings. The monoisotopic (exact) mass is 313 g/mol. The van der Waals surface area contributed by atoms with E-state index in [2.05, 4.69) is 14.9 Å². The Bertz CT molecular complexity index is 670. The second-order valence-electron chi connectivity index (χ2n) is 7.00. The predicted octanol–water partition coefficient (Wildman–Crippen LogP) is 1.65. The summed E-state index contributed by atoms with van der Waals surface area (Å²) in [6, 6.07) is 0.